The summed E-state index contributed by atoms with van der Waals surface area (Å²) in [5.41, 5.74) is 1.91. The lowest BCUT2D eigenvalue weighted by atomic mass is 9.47. The fourth-order valence-electron chi connectivity index (χ4n) is 12.1. The molecule has 6 fully saturated rings. The van der Waals surface area contributed by atoms with Crippen LogP contribution >= 0.6 is 0 Å². The molecule has 0 aromatic heterocycles. The molecule has 3 amide bonds. The second-order valence-corrected chi connectivity index (χ2v) is 20.5. The number of carbonyl (C=O) groups excluding carboxylic acids is 3. The van der Waals surface area contributed by atoms with Crippen molar-refractivity contribution in [2.75, 3.05) is 78.7 Å². The highest BCUT2D eigenvalue weighted by molar-refractivity contribution is 5.82. The molecule has 19 nitrogen and oxygen atoms in total. The van der Waals surface area contributed by atoms with Crippen molar-refractivity contribution in [1.82, 2.24) is 31.5 Å². The maximum atomic E-state index is 12.8. The Kier molecular flexibility index (Phi) is 22.3. The molecular formula is C47H71F9N6O13. The average molecular weight is 1100 g/mol. The number of aliphatic carboxylic acids is 3. The summed E-state index contributed by atoms with van der Waals surface area (Å²) in [7, 11) is 0. The van der Waals surface area contributed by atoms with Gasteiger partial charge in [-0.05, 0) is 85.4 Å². The number of alkyl carbamates (subject to hydrolysis) is 2. The summed E-state index contributed by atoms with van der Waals surface area (Å²) in [5.74, 6) is -5.18. The van der Waals surface area contributed by atoms with Crippen molar-refractivity contribution in [3.05, 3.63) is 11.6 Å². The first-order chi connectivity index (χ1) is 34.9. The van der Waals surface area contributed by atoms with Gasteiger partial charge in [0.15, 0.2) is 5.79 Å². The predicted molar refractivity (Wildman–Crippen MR) is 246 cm³/mol. The molecule has 0 unspecified atom stereocenters. The van der Waals surface area contributed by atoms with Crippen molar-refractivity contribution in [3.8, 4) is 0 Å². The number of ether oxygens (including phenoxy) is 4. The maximum Gasteiger partial charge on any atom is 0.490 e. The van der Waals surface area contributed by atoms with Gasteiger partial charge in [0.1, 0.15) is 19.3 Å². The minimum atomic E-state index is -5.08. The fourth-order valence-corrected chi connectivity index (χ4v) is 12.1. The fraction of sp³-hybridized carbons (Fsp3) is 0.830. The van der Waals surface area contributed by atoms with Crippen molar-refractivity contribution in [2.24, 2.45) is 46.3 Å². The first-order valence-electron chi connectivity index (χ1n) is 25.0. The van der Waals surface area contributed by atoms with Gasteiger partial charge in [-0.15, -0.1) is 0 Å². The van der Waals surface area contributed by atoms with Crippen LogP contribution in [0.2, 0.25) is 0 Å². The van der Waals surface area contributed by atoms with Crippen LogP contribution in [0.4, 0.5) is 49.1 Å². The summed E-state index contributed by atoms with van der Waals surface area (Å²) in [5, 5.41) is 36.7. The second kappa shape index (κ2) is 26.6. The van der Waals surface area contributed by atoms with Crippen molar-refractivity contribution in [2.45, 2.75) is 122 Å². The molecule has 8 N–H and O–H groups in total. The van der Waals surface area contributed by atoms with E-state index >= 15 is 0 Å². The normalized spacial score (nSPS) is 32.8. The van der Waals surface area contributed by atoms with Crippen LogP contribution in [-0.2, 0) is 38.1 Å². The standard InChI is InChI=1S/C41H68N6O7.3C2HF3O2/c1-27-7-12-41(52-26-27)28(2)36-34(54-41)24-33-31-6-5-29-23-30(8-10-39(29,3)32(31)9-11-40(33,36)4)53-38(50)45-19-22-51-37(49)46-25-35(48)47-20-17-43-15-13-42-14-16-44-18-21-47;3*3-2(4,5)1(6)7/h5,27-28,30-34,36,42-44H,6-26H2,1-4H3,(H,45,50)(H,46,49);3*(H,6,7)/t27-,28+,30+,31-,32+,33+,34+,36+,39+,40+,41+;;;/m1.../s1. The highest BCUT2D eigenvalue weighted by Crippen LogP contribution is 2.70. The van der Waals surface area contributed by atoms with Gasteiger partial charge in [-0.1, -0.05) is 39.3 Å². The molecule has 4 aliphatic carbocycles. The van der Waals surface area contributed by atoms with E-state index in [2.05, 4.69) is 60.4 Å². The number of hydrogen-bond acceptors (Lipinski definition) is 13. The summed E-state index contributed by atoms with van der Waals surface area (Å²) >= 11 is 0. The Morgan fingerprint density at radius 3 is 1.81 bits per heavy atom. The number of allylic oxidation sites excluding steroid dienone is 1. The van der Waals surface area contributed by atoms with Crippen LogP contribution in [0.25, 0.3) is 0 Å². The number of alkyl halides is 9. The van der Waals surface area contributed by atoms with E-state index in [4.69, 9.17) is 48.7 Å². The van der Waals surface area contributed by atoms with E-state index in [1.165, 1.54) is 24.8 Å². The smallest absolute Gasteiger partial charge is 0.475 e. The molecule has 3 saturated carbocycles. The van der Waals surface area contributed by atoms with E-state index in [0.29, 0.717) is 73.2 Å². The van der Waals surface area contributed by atoms with Gasteiger partial charge >= 0.3 is 48.6 Å². The van der Waals surface area contributed by atoms with Gasteiger partial charge in [0.2, 0.25) is 5.91 Å². The summed E-state index contributed by atoms with van der Waals surface area (Å²) in [6.07, 6.45) is -4.10. The number of halogens is 9. The van der Waals surface area contributed by atoms with Crippen LogP contribution in [0.3, 0.4) is 0 Å². The first kappa shape index (κ1) is 62.9. The van der Waals surface area contributed by atoms with E-state index < -0.39 is 48.6 Å². The van der Waals surface area contributed by atoms with Crippen molar-refractivity contribution < 1.29 is 103 Å². The molecule has 1 spiro atoms. The van der Waals surface area contributed by atoms with E-state index in [0.717, 1.165) is 71.3 Å². The lowest BCUT2D eigenvalue weighted by Crippen LogP contribution is -2.52. The molecule has 0 aromatic rings. The minimum absolute atomic E-state index is 0.0174. The molecule has 430 valence electrons. The van der Waals surface area contributed by atoms with Crippen LogP contribution < -0.4 is 26.6 Å². The van der Waals surface area contributed by atoms with Crippen LogP contribution in [-0.4, -0.2) is 171 Å². The zero-order valence-electron chi connectivity index (χ0n) is 42.3. The molecule has 3 heterocycles. The second-order valence-electron chi connectivity index (χ2n) is 20.5. The van der Waals surface area contributed by atoms with Crippen molar-refractivity contribution in [3.63, 3.8) is 0 Å². The van der Waals surface area contributed by atoms with E-state index in [-0.39, 0.29) is 42.9 Å². The number of hydrogen-bond donors (Lipinski definition) is 8. The molecule has 0 radical (unpaired) electrons. The third-order valence-corrected chi connectivity index (χ3v) is 15.7. The molecule has 75 heavy (non-hydrogen) atoms. The van der Waals surface area contributed by atoms with Gasteiger partial charge in [-0.25, -0.2) is 24.0 Å². The summed E-state index contributed by atoms with van der Waals surface area (Å²) in [4.78, 5) is 66.2. The predicted octanol–water partition coefficient (Wildman–Crippen LogP) is 5.68. The molecule has 0 aromatic carbocycles. The van der Waals surface area contributed by atoms with Gasteiger partial charge in [0, 0.05) is 71.1 Å². The Hall–Kier alpha value is -4.67. The summed E-state index contributed by atoms with van der Waals surface area (Å²) in [6, 6.07) is 0. The molecule has 3 aliphatic heterocycles. The van der Waals surface area contributed by atoms with Gasteiger partial charge in [-0.2, -0.15) is 39.5 Å². The molecule has 7 rings (SSSR count). The van der Waals surface area contributed by atoms with Crippen LogP contribution in [0.5, 0.6) is 0 Å². The van der Waals surface area contributed by atoms with Gasteiger partial charge < -0.3 is 65.8 Å². The van der Waals surface area contributed by atoms with E-state index in [1.54, 1.807) is 4.90 Å². The van der Waals surface area contributed by atoms with Gasteiger partial charge in [0.25, 0.3) is 0 Å². The number of fused-ring (bicyclic) bond motifs is 7. The summed E-state index contributed by atoms with van der Waals surface area (Å²) < 4.78 is 120. The number of carboxylic acids is 3. The zero-order valence-corrected chi connectivity index (χ0v) is 42.3. The monoisotopic (exact) mass is 1100 g/mol. The largest absolute Gasteiger partial charge is 0.490 e. The topological polar surface area (TPSA) is 263 Å². The number of nitrogens with zero attached hydrogens (tertiary/aromatic N) is 1. The highest BCUT2D eigenvalue weighted by Gasteiger charge is 2.68. The van der Waals surface area contributed by atoms with E-state index in [9.17, 15) is 53.9 Å². The quantitative estimate of drug-likeness (QED) is 0.0903. The van der Waals surface area contributed by atoms with Gasteiger partial charge in [-0.3, -0.25) is 4.79 Å². The maximum absolute atomic E-state index is 12.8. The van der Waals surface area contributed by atoms with Crippen LogP contribution in [0, 0.1) is 46.3 Å². The molecule has 7 aliphatic rings. The molecule has 0 bridgehead atoms. The number of nitrogens with one attached hydrogen (secondary N) is 5. The Balaban J connectivity index is 0.000000487. The SMILES string of the molecule is C[C@@H]1CC[C@]2(OC1)O[C@H]1C[C@H]3[C@@H]4CC=C5C[C@@H](OC(=O)NCCOC(=O)NCC(=O)N6CCNCCNCCNCC6)CC[C@]5(C)[C@H]4CC[C@]3(C)[C@H]1[C@@H]2C.O=C(O)C(F)(F)F.O=C(O)C(F)(F)F.O=C(O)C(F)(F)F. The number of carboxylic acid groups (broad SMARTS) is 3. The number of carbonyl (C=O) groups is 6. The minimum Gasteiger partial charge on any atom is -0.475 e. The third-order valence-electron chi connectivity index (χ3n) is 15.7. The Labute approximate surface area is 428 Å². The molecular weight excluding hydrogens is 1030 g/mol. The van der Waals surface area contributed by atoms with Crippen molar-refractivity contribution in [1.29, 1.82) is 0 Å². The first-order valence-corrected chi connectivity index (χ1v) is 25.0. The zero-order chi connectivity index (χ0) is 56.2. The molecule has 28 heteroatoms. The van der Waals surface area contributed by atoms with E-state index in [1.807, 2.05) is 0 Å². The lowest BCUT2D eigenvalue weighted by molar-refractivity contribution is -0.272. The molecule has 11 atom stereocenters. The summed E-state index contributed by atoms with van der Waals surface area (Å²) in [6.45, 7) is 16.5. The third kappa shape index (κ3) is 17.2. The Bertz CT molecular complexity index is 1920. The van der Waals surface area contributed by atoms with Crippen LogP contribution in [0.1, 0.15) is 85.5 Å². The van der Waals surface area contributed by atoms with Crippen molar-refractivity contribution >= 4 is 36.0 Å². The average Bonchev–Trinajstić information content (AvgIpc) is 3.76. The number of amides is 3. The number of rotatable bonds is 6. The van der Waals surface area contributed by atoms with Gasteiger partial charge in [0.05, 0.1) is 19.3 Å². The Morgan fingerprint density at radius 2 is 1.29 bits per heavy atom. The molecule has 3 saturated heterocycles. The lowest BCUT2D eigenvalue weighted by Gasteiger charge is -2.58. The highest BCUT2D eigenvalue weighted by atomic mass is 19.4. The Morgan fingerprint density at radius 1 is 0.747 bits per heavy atom. The van der Waals surface area contributed by atoms with Crippen LogP contribution in [0.15, 0.2) is 11.6 Å².